The molecule has 14 heavy (non-hydrogen) atoms. The van der Waals surface area contributed by atoms with Crippen molar-refractivity contribution in [1.82, 2.24) is 0 Å². The summed E-state index contributed by atoms with van der Waals surface area (Å²) in [6, 6.07) is 1.47. The van der Waals surface area contributed by atoms with Gasteiger partial charge in [0, 0.05) is 0 Å². The SMILES string of the molecule is Cc1cc(C)c(C(N)CO)c(C)c1O. The Morgan fingerprint density at radius 2 is 1.86 bits per heavy atom. The van der Waals surface area contributed by atoms with E-state index in [1.54, 1.807) is 0 Å². The lowest BCUT2D eigenvalue weighted by molar-refractivity contribution is 0.267. The van der Waals surface area contributed by atoms with Crippen LogP contribution in [0.5, 0.6) is 5.75 Å². The van der Waals surface area contributed by atoms with Gasteiger partial charge in [0.05, 0.1) is 12.6 Å². The van der Waals surface area contributed by atoms with Crippen molar-refractivity contribution in [2.24, 2.45) is 5.73 Å². The van der Waals surface area contributed by atoms with Crippen molar-refractivity contribution in [3.8, 4) is 5.75 Å². The average Bonchev–Trinajstić information content (AvgIpc) is 2.14. The Balaban J connectivity index is 3.36. The molecule has 3 heteroatoms. The molecule has 0 saturated heterocycles. The number of benzene rings is 1. The Hall–Kier alpha value is -1.06. The van der Waals surface area contributed by atoms with E-state index in [1.165, 1.54) is 0 Å². The molecule has 1 unspecified atom stereocenters. The summed E-state index contributed by atoms with van der Waals surface area (Å²) in [5.41, 5.74) is 9.22. The van der Waals surface area contributed by atoms with E-state index in [2.05, 4.69) is 0 Å². The van der Waals surface area contributed by atoms with Crippen LogP contribution < -0.4 is 5.73 Å². The van der Waals surface area contributed by atoms with Gasteiger partial charge in [0.25, 0.3) is 0 Å². The first-order valence-corrected chi connectivity index (χ1v) is 4.65. The molecule has 0 aliphatic rings. The summed E-state index contributed by atoms with van der Waals surface area (Å²) in [5.74, 6) is 0.273. The molecule has 1 aromatic rings. The Morgan fingerprint density at radius 3 is 2.36 bits per heavy atom. The summed E-state index contributed by atoms with van der Waals surface area (Å²) in [4.78, 5) is 0. The third-order valence-corrected chi connectivity index (χ3v) is 2.56. The maximum atomic E-state index is 9.72. The first kappa shape index (κ1) is 11.0. The van der Waals surface area contributed by atoms with Gasteiger partial charge in [0.2, 0.25) is 0 Å². The fourth-order valence-corrected chi connectivity index (χ4v) is 1.85. The van der Waals surface area contributed by atoms with Crippen molar-refractivity contribution in [2.45, 2.75) is 26.8 Å². The third-order valence-electron chi connectivity index (χ3n) is 2.56. The number of aromatic hydroxyl groups is 1. The second kappa shape index (κ2) is 3.98. The molecule has 0 aliphatic carbocycles. The highest BCUT2D eigenvalue weighted by Crippen LogP contribution is 2.30. The lowest BCUT2D eigenvalue weighted by Crippen LogP contribution is -2.17. The number of rotatable bonds is 2. The molecular formula is C11H17NO2. The second-order valence-corrected chi connectivity index (χ2v) is 3.69. The number of hydrogen-bond acceptors (Lipinski definition) is 3. The highest BCUT2D eigenvalue weighted by molar-refractivity contribution is 5.49. The van der Waals surface area contributed by atoms with Crippen molar-refractivity contribution >= 4 is 0 Å². The molecule has 0 spiro atoms. The van der Waals surface area contributed by atoms with Gasteiger partial charge in [-0.2, -0.15) is 0 Å². The first-order chi connectivity index (χ1) is 6.49. The zero-order chi connectivity index (χ0) is 10.9. The Labute approximate surface area is 84.2 Å². The molecule has 1 aromatic carbocycles. The van der Waals surface area contributed by atoms with Gasteiger partial charge in [-0.05, 0) is 43.0 Å². The van der Waals surface area contributed by atoms with E-state index in [4.69, 9.17) is 10.8 Å². The summed E-state index contributed by atoms with van der Waals surface area (Å²) >= 11 is 0. The van der Waals surface area contributed by atoms with Crippen LogP contribution in [-0.2, 0) is 0 Å². The monoisotopic (exact) mass is 195 g/mol. The highest BCUT2D eigenvalue weighted by Gasteiger charge is 2.15. The van der Waals surface area contributed by atoms with Crippen molar-refractivity contribution in [3.63, 3.8) is 0 Å². The van der Waals surface area contributed by atoms with E-state index >= 15 is 0 Å². The predicted octanol–water partition coefficient (Wildman–Crippen LogP) is 1.31. The molecule has 4 N–H and O–H groups in total. The van der Waals surface area contributed by atoms with Crippen LogP contribution in [0.25, 0.3) is 0 Å². The largest absolute Gasteiger partial charge is 0.507 e. The zero-order valence-corrected chi connectivity index (χ0v) is 8.83. The molecule has 0 aromatic heterocycles. The van der Waals surface area contributed by atoms with Crippen LogP contribution in [0.3, 0.4) is 0 Å². The minimum atomic E-state index is -0.415. The zero-order valence-electron chi connectivity index (χ0n) is 8.83. The van der Waals surface area contributed by atoms with Crippen LogP contribution in [0.2, 0.25) is 0 Å². The van der Waals surface area contributed by atoms with Gasteiger partial charge >= 0.3 is 0 Å². The van der Waals surface area contributed by atoms with Gasteiger partial charge in [0.15, 0.2) is 0 Å². The number of phenolic OH excluding ortho intramolecular Hbond substituents is 1. The van der Waals surface area contributed by atoms with Crippen LogP contribution in [0.4, 0.5) is 0 Å². The topological polar surface area (TPSA) is 66.5 Å². The van der Waals surface area contributed by atoms with Crippen molar-refractivity contribution < 1.29 is 10.2 Å². The maximum absolute atomic E-state index is 9.72. The summed E-state index contributed by atoms with van der Waals surface area (Å²) in [6.07, 6.45) is 0. The molecule has 1 rings (SSSR count). The number of aliphatic hydroxyl groups is 1. The number of phenols is 1. The number of aliphatic hydroxyl groups excluding tert-OH is 1. The van der Waals surface area contributed by atoms with E-state index in [-0.39, 0.29) is 12.4 Å². The smallest absolute Gasteiger partial charge is 0.121 e. The van der Waals surface area contributed by atoms with Gasteiger partial charge in [-0.25, -0.2) is 0 Å². The molecule has 0 radical (unpaired) electrons. The predicted molar refractivity (Wildman–Crippen MR) is 56.3 cm³/mol. The van der Waals surface area contributed by atoms with E-state index in [9.17, 15) is 5.11 Å². The number of aryl methyl sites for hydroxylation is 2. The van der Waals surface area contributed by atoms with Gasteiger partial charge in [-0.15, -0.1) is 0 Å². The molecule has 78 valence electrons. The lowest BCUT2D eigenvalue weighted by atomic mass is 9.94. The molecule has 3 nitrogen and oxygen atoms in total. The second-order valence-electron chi connectivity index (χ2n) is 3.69. The summed E-state index contributed by atoms with van der Waals surface area (Å²) < 4.78 is 0. The molecule has 0 heterocycles. The van der Waals surface area contributed by atoms with Crippen LogP contribution in [-0.4, -0.2) is 16.8 Å². The van der Waals surface area contributed by atoms with E-state index in [0.29, 0.717) is 0 Å². The average molecular weight is 195 g/mol. The summed E-state index contributed by atoms with van der Waals surface area (Å²) in [6.45, 7) is 5.50. The highest BCUT2D eigenvalue weighted by atomic mass is 16.3. The van der Waals surface area contributed by atoms with Crippen molar-refractivity contribution in [1.29, 1.82) is 0 Å². The summed E-state index contributed by atoms with van der Waals surface area (Å²) in [5, 5.41) is 18.7. The molecule has 0 aliphatic heterocycles. The van der Waals surface area contributed by atoms with Crippen LogP contribution in [0, 0.1) is 20.8 Å². The fourth-order valence-electron chi connectivity index (χ4n) is 1.85. The van der Waals surface area contributed by atoms with E-state index < -0.39 is 6.04 Å². The molecule has 0 bridgehead atoms. The number of nitrogens with two attached hydrogens (primary N) is 1. The molecule has 1 atom stereocenters. The maximum Gasteiger partial charge on any atom is 0.121 e. The van der Waals surface area contributed by atoms with Crippen LogP contribution in [0.15, 0.2) is 6.07 Å². The van der Waals surface area contributed by atoms with Gasteiger partial charge in [-0.3, -0.25) is 0 Å². The van der Waals surface area contributed by atoms with Crippen LogP contribution >= 0.6 is 0 Å². The number of hydrogen-bond donors (Lipinski definition) is 3. The lowest BCUT2D eigenvalue weighted by Gasteiger charge is -2.17. The van der Waals surface area contributed by atoms with Crippen LogP contribution in [0.1, 0.15) is 28.3 Å². The Bertz CT molecular complexity index is 348. The Morgan fingerprint density at radius 1 is 1.29 bits per heavy atom. The van der Waals surface area contributed by atoms with Crippen molar-refractivity contribution in [3.05, 3.63) is 28.3 Å². The van der Waals surface area contributed by atoms with E-state index in [1.807, 2.05) is 26.8 Å². The third kappa shape index (κ3) is 1.74. The first-order valence-electron chi connectivity index (χ1n) is 4.65. The van der Waals surface area contributed by atoms with Crippen molar-refractivity contribution in [2.75, 3.05) is 6.61 Å². The summed E-state index contributed by atoms with van der Waals surface area (Å²) in [7, 11) is 0. The Kier molecular flexibility index (Phi) is 3.13. The van der Waals surface area contributed by atoms with E-state index in [0.717, 1.165) is 22.3 Å². The van der Waals surface area contributed by atoms with Gasteiger partial charge in [0.1, 0.15) is 5.75 Å². The molecular weight excluding hydrogens is 178 g/mol. The van der Waals surface area contributed by atoms with Gasteiger partial charge in [-0.1, -0.05) is 6.07 Å². The molecule has 0 amide bonds. The normalized spacial score (nSPS) is 12.9. The minimum absolute atomic E-state index is 0.107. The molecule has 0 fully saturated rings. The quantitative estimate of drug-likeness (QED) is 0.666. The molecule has 0 saturated carbocycles. The fraction of sp³-hybridized carbons (Fsp3) is 0.455. The standard InChI is InChI=1S/C11H17NO2/c1-6-4-7(2)11(14)8(3)10(6)9(12)5-13/h4,9,13-14H,5,12H2,1-3H3. The van der Waals surface area contributed by atoms with Gasteiger partial charge < -0.3 is 15.9 Å². The minimum Gasteiger partial charge on any atom is -0.507 e.